The summed E-state index contributed by atoms with van der Waals surface area (Å²) < 4.78 is 5.36. The van der Waals surface area contributed by atoms with Crippen molar-refractivity contribution >= 4 is 36.0 Å². The van der Waals surface area contributed by atoms with Crippen molar-refractivity contribution in [1.82, 2.24) is 15.3 Å². The Bertz CT molecular complexity index is 949. The van der Waals surface area contributed by atoms with E-state index in [1.807, 2.05) is 25.1 Å². The summed E-state index contributed by atoms with van der Waals surface area (Å²) in [6.07, 6.45) is 2.97. The third-order valence-corrected chi connectivity index (χ3v) is 5.58. The summed E-state index contributed by atoms with van der Waals surface area (Å²) in [6.45, 7) is 6.31. The normalized spacial score (nSPS) is 20.5. The van der Waals surface area contributed by atoms with Gasteiger partial charge in [-0.15, -0.1) is 12.4 Å². The van der Waals surface area contributed by atoms with Gasteiger partial charge in [0.1, 0.15) is 0 Å². The molecule has 2 unspecified atom stereocenters. The highest BCUT2D eigenvalue weighted by atomic mass is 35.5. The van der Waals surface area contributed by atoms with Crippen molar-refractivity contribution in [2.75, 3.05) is 36.1 Å². The second-order valence-electron chi connectivity index (χ2n) is 7.62. The minimum Gasteiger partial charge on any atom is -0.465 e. The number of rotatable bonds is 3. The lowest BCUT2D eigenvalue weighted by Gasteiger charge is -2.39. The van der Waals surface area contributed by atoms with Crippen LogP contribution in [0, 0.1) is 0 Å². The molecule has 2 aliphatic rings. The summed E-state index contributed by atoms with van der Waals surface area (Å²) in [5.41, 5.74) is 3.21. The Labute approximate surface area is 186 Å². The number of aromatic nitrogens is 2. The Morgan fingerprint density at radius 3 is 2.45 bits per heavy atom. The predicted molar refractivity (Wildman–Crippen MR) is 119 cm³/mol. The fourth-order valence-electron chi connectivity index (χ4n) is 4.21. The zero-order valence-corrected chi connectivity index (χ0v) is 18.3. The van der Waals surface area contributed by atoms with Crippen LogP contribution in [0.25, 0.3) is 11.1 Å². The van der Waals surface area contributed by atoms with Gasteiger partial charge in [0, 0.05) is 49.7 Å². The van der Waals surface area contributed by atoms with Crippen molar-refractivity contribution in [2.24, 2.45) is 0 Å². The predicted octanol–water partition coefficient (Wildman–Crippen LogP) is 2.86. The van der Waals surface area contributed by atoms with Crippen molar-refractivity contribution in [3.05, 3.63) is 36.2 Å². The van der Waals surface area contributed by atoms with Crippen molar-refractivity contribution < 1.29 is 19.4 Å². The molecule has 3 heterocycles. The van der Waals surface area contributed by atoms with Crippen LogP contribution >= 0.6 is 12.4 Å². The Hall–Kier alpha value is -2.91. The van der Waals surface area contributed by atoms with Crippen LogP contribution in [0.5, 0.6) is 0 Å². The van der Waals surface area contributed by atoms with Gasteiger partial charge in [-0.3, -0.25) is 4.79 Å². The van der Waals surface area contributed by atoms with Crippen LogP contribution < -0.4 is 15.1 Å². The van der Waals surface area contributed by atoms with Gasteiger partial charge in [-0.05, 0) is 36.6 Å². The number of carboxylic acid groups (broad SMARTS) is 1. The fraction of sp³-hybridized carbons (Fsp3) is 0.429. The number of nitrogens with one attached hydrogen (secondary N) is 1. The quantitative estimate of drug-likeness (QED) is 0.744. The molecule has 0 spiro atoms. The Morgan fingerprint density at radius 1 is 1.16 bits per heavy atom. The van der Waals surface area contributed by atoms with Crippen molar-refractivity contribution in [3.8, 4) is 11.1 Å². The number of morpholine rings is 1. The first-order chi connectivity index (χ1) is 14.4. The third kappa shape index (κ3) is 4.72. The molecule has 2 N–H and O–H groups in total. The summed E-state index contributed by atoms with van der Waals surface area (Å²) >= 11 is 0. The van der Waals surface area contributed by atoms with Gasteiger partial charge in [0.05, 0.1) is 19.3 Å². The minimum atomic E-state index is -1.09. The highest BCUT2D eigenvalue weighted by Gasteiger charge is 2.33. The summed E-state index contributed by atoms with van der Waals surface area (Å²) in [4.78, 5) is 36.3. The summed E-state index contributed by atoms with van der Waals surface area (Å²) in [6, 6.07) is 5.21. The molecule has 0 bridgehead atoms. The van der Waals surface area contributed by atoms with Gasteiger partial charge in [0.15, 0.2) is 0 Å². The van der Waals surface area contributed by atoms with Gasteiger partial charge in [-0.25, -0.2) is 14.8 Å². The Balaban J connectivity index is 0.00000272. The lowest BCUT2D eigenvalue weighted by atomic mass is 9.89. The van der Waals surface area contributed by atoms with E-state index in [-0.39, 0.29) is 24.4 Å². The summed E-state index contributed by atoms with van der Waals surface area (Å²) in [5.74, 6) is 0.602. The smallest absolute Gasteiger partial charge is 0.405 e. The minimum absolute atomic E-state index is 0. The second-order valence-corrected chi connectivity index (χ2v) is 7.62. The van der Waals surface area contributed by atoms with E-state index in [9.17, 15) is 14.7 Å². The number of nitrogens with zero attached hydrogens (tertiary/aromatic N) is 4. The van der Waals surface area contributed by atoms with Gasteiger partial charge in [0.2, 0.25) is 11.9 Å². The van der Waals surface area contributed by atoms with Crippen LogP contribution in [0.15, 0.2) is 30.6 Å². The molecule has 2 aromatic rings. The first kappa shape index (κ1) is 22.8. The number of carbonyl (C=O) groups excluding carboxylic acids is 1. The van der Waals surface area contributed by atoms with E-state index in [1.165, 1.54) is 6.92 Å². The lowest BCUT2D eigenvalue weighted by molar-refractivity contribution is -0.117. The number of ether oxygens (including phenoxy) is 1. The summed E-state index contributed by atoms with van der Waals surface area (Å²) in [5, 5.41) is 11.9. The molecule has 166 valence electrons. The van der Waals surface area contributed by atoms with Gasteiger partial charge in [-0.2, -0.15) is 0 Å². The molecule has 1 fully saturated rings. The standard InChI is InChI=1S/C21H25N5O4.ClH/c1-13-9-18(24-21(28)29)17-10-15(3-4-19(17)26(13)14(2)27)16-11-22-20(23-12-16)25-5-7-30-8-6-25;/h3-4,10-13,18,24H,5-9H2,1-2H3,(H,28,29);1H. The number of hydrogen-bond acceptors (Lipinski definition) is 6. The van der Waals surface area contributed by atoms with Crippen LogP contribution in [0.1, 0.15) is 31.9 Å². The fourth-order valence-corrected chi connectivity index (χ4v) is 4.21. The second kappa shape index (κ2) is 9.49. The van der Waals surface area contributed by atoms with Crippen LogP contribution in [-0.4, -0.2) is 59.4 Å². The first-order valence-corrected chi connectivity index (χ1v) is 10.0. The molecule has 0 saturated carbocycles. The summed E-state index contributed by atoms with van der Waals surface area (Å²) in [7, 11) is 0. The van der Waals surface area contributed by atoms with E-state index in [4.69, 9.17) is 4.74 Å². The van der Waals surface area contributed by atoms with Crippen LogP contribution in [-0.2, 0) is 9.53 Å². The topological polar surface area (TPSA) is 108 Å². The van der Waals surface area contributed by atoms with Crippen LogP contribution in [0.4, 0.5) is 16.4 Å². The molecule has 9 nitrogen and oxygen atoms in total. The molecule has 2 amide bonds. The molecule has 1 aromatic carbocycles. The highest BCUT2D eigenvalue weighted by molar-refractivity contribution is 5.94. The lowest BCUT2D eigenvalue weighted by Crippen LogP contribution is -2.45. The average molecular weight is 448 g/mol. The van der Waals surface area contributed by atoms with Crippen molar-refractivity contribution in [2.45, 2.75) is 32.4 Å². The molecule has 1 saturated heterocycles. The number of benzene rings is 1. The SMILES string of the molecule is CC(=O)N1c2ccc(-c3cnc(N4CCOCC4)nc3)cc2C(NC(=O)O)CC1C.Cl. The van der Waals surface area contributed by atoms with Crippen LogP contribution in [0.2, 0.25) is 0 Å². The zero-order chi connectivity index (χ0) is 21.3. The first-order valence-electron chi connectivity index (χ1n) is 10.0. The monoisotopic (exact) mass is 447 g/mol. The average Bonchev–Trinajstić information content (AvgIpc) is 2.73. The van der Waals surface area contributed by atoms with E-state index >= 15 is 0 Å². The molecule has 4 rings (SSSR count). The van der Waals surface area contributed by atoms with E-state index < -0.39 is 12.1 Å². The van der Waals surface area contributed by atoms with Crippen LogP contribution in [0.3, 0.4) is 0 Å². The van der Waals surface area contributed by atoms with Gasteiger partial charge in [0.25, 0.3) is 0 Å². The number of carbonyl (C=O) groups is 2. The molecule has 0 radical (unpaired) electrons. The highest BCUT2D eigenvalue weighted by Crippen LogP contribution is 2.39. The molecule has 2 atom stereocenters. The molecule has 0 aliphatic carbocycles. The molecule has 31 heavy (non-hydrogen) atoms. The zero-order valence-electron chi connectivity index (χ0n) is 17.4. The van der Waals surface area contributed by atoms with Gasteiger partial charge in [-0.1, -0.05) is 6.07 Å². The number of halogens is 1. The largest absolute Gasteiger partial charge is 0.465 e. The maximum atomic E-state index is 12.2. The van der Waals surface area contributed by atoms with E-state index in [0.717, 1.165) is 35.5 Å². The van der Waals surface area contributed by atoms with E-state index in [2.05, 4.69) is 20.2 Å². The van der Waals surface area contributed by atoms with Gasteiger partial charge < -0.3 is 25.0 Å². The molecular weight excluding hydrogens is 422 g/mol. The van der Waals surface area contributed by atoms with E-state index in [1.54, 1.807) is 17.3 Å². The van der Waals surface area contributed by atoms with Crippen molar-refractivity contribution in [1.29, 1.82) is 0 Å². The molecule has 10 heteroatoms. The van der Waals surface area contributed by atoms with Gasteiger partial charge >= 0.3 is 6.09 Å². The number of hydrogen-bond donors (Lipinski definition) is 2. The number of anilines is 2. The van der Waals surface area contributed by atoms with E-state index in [0.29, 0.717) is 25.6 Å². The molecule has 1 aromatic heterocycles. The number of fused-ring (bicyclic) bond motifs is 1. The Kier molecular flexibility index (Phi) is 6.97. The maximum Gasteiger partial charge on any atom is 0.405 e. The van der Waals surface area contributed by atoms with Crippen molar-refractivity contribution in [3.63, 3.8) is 0 Å². The third-order valence-electron chi connectivity index (χ3n) is 5.58. The Morgan fingerprint density at radius 2 is 1.84 bits per heavy atom. The molecular formula is C21H26ClN5O4. The number of amides is 2. The molecule has 2 aliphatic heterocycles. The maximum absolute atomic E-state index is 12.2.